The van der Waals surface area contributed by atoms with Gasteiger partial charge in [0.05, 0.1) is 0 Å². The first-order valence-electron chi connectivity index (χ1n) is 10.8. The van der Waals surface area contributed by atoms with Crippen molar-refractivity contribution in [1.82, 2.24) is 9.80 Å². The third-order valence-electron chi connectivity index (χ3n) is 5.56. The number of hydrogen-bond acceptors (Lipinski definition) is 5. The Morgan fingerprint density at radius 3 is 1.79 bits per heavy atom. The molecule has 0 aliphatic carbocycles. The van der Waals surface area contributed by atoms with Gasteiger partial charge in [0.25, 0.3) is 0 Å². The highest BCUT2D eigenvalue weighted by atomic mass is 32.1. The first-order valence-corrected chi connectivity index (χ1v) is 11.7. The van der Waals surface area contributed by atoms with E-state index in [9.17, 15) is 0 Å². The van der Waals surface area contributed by atoms with Crippen LogP contribution in [0.25, 0.3) is 20.2 Å². The van der Waals surface area contributed by atoms with Crippen molar-refractivity contribution in [2.45, 2.75) is 27.7 Å². The molecule has 3 rings (SSSR count). The molecule has 5 heteroatoms. The second-order valence-electron chi connectivity index (χ2n) is 7.17. The summed E-state index contributed by atoms with van der Waals surface area (Å²) in [6.45, 7) is 16.4. The minimum atomic E-state index is 0.722. The van der Waals surface area contributed by atoms with E-state index in [1.54, 1.807) is 0 Å². The van der Waals surface area contributed by atoms with Crippen LogP contribution in [-0.4, -0.2) is 62.3 Å². The molecule has 0 spiro atoms. The number of benzene rings is 2. The van der Waals surface area contributed by atoms with E-state index < -0.39 is 0 Å². The lowest BCUT2D eigenvalue weighted by molar-refractivity contribution is 0.223. The molecular formula is C24H34N2O2S. The summed E-state index contributed by atoms with van der Waals surface area (Å²) in [5.74, 6) is 1.90. The van der Waals surface area contributed by atoms with Gasteiger partial charge in [0.1, 0.15) is 24.7 Å². The smallest absolute Gasteiger partial charge is 0.120 e. The van der Waals surface area contributed by atoms with Crippen LogP contribution in [0.5, 0.6) is 11.5 Å². The Balaban J connectivity index is 1.68. The molecule has 0 saturated heterocycles. The average Bonchev–Trinajstić information content (AvgIpc) is 3.11. The summed E-state index contributed by atoms with van der Waals surface area (Å²) >= 11 is 1.82. The van der Waals surface area contributed by atoms with E-state index in [2.05, 4.69) is 73.9 Å². The minimum absolute atomic E-state index is 0.722. The van der Waals surface area contributed by atoms with Gasteiger partial charge in [-0.05, 0) is 62.6 Å². The molecule has 0 aliphatic heterocycles. The molecule has 1 heterocycles. The minimum Gasteiger partial charge on any atom is -0.492 e. The second kappa shape index (κ2) is 10.8. The second-order valence-corrected chi connectivity index (χ2v) is 8.25. The quantitative estimate of drug-likeness (QED) is 0.391. The number of hydrogen-bond donors (Lipinski definition) is 0. The van der Waals surface area contributed by atoms with Crippen molar-refractivity contribution < 1.29 is 9.47 Å². The van der Waals surface area contributed by atoms with Gasteiger partial charge in [-0.1, -0.05) is 27.7 Å². The summed E-state index contributed by atoms with van der Waals surface area (Å²) in [5.41, 5.74) is 0. The van der Waals surface area contributed by atoms with Gasteiger partial charge in [0.15, 0.2) is 0 Å². The third kappa shape index (κ3) is 5.62. The fourth-order valence-corrected chi connectivity index (χ4v) is 4.70. The van der Waals surface area contributed by atoms with Crippen LogP contribution in [0.3, 0.4) is 0 Å². The Morgan fingerprint density at radius 2 is 1.21 bits per heavy atom. The summed E-state index contributed by atoms with van der Waals surface area (Å²) in [5, 5.41) is 2.54. The van der Waals surface area contributed by atoms with Crippen LogP contribution in [0.2, 0.25) is 0 Å². The summed E-state index contributed by atoms with van der Waals surface area (Å²) in [6, 6.07) is 12.9. The molecule has 0 fully saturated rings. The van der Waals surface area contributed by atoms with Crippen LogP contribution in [0.15, 0.2) is 36.4 Å². The normalized spacial score (nSPS) is 11.8. The van der Waals surface area contributed by atoms with E-state index >= 15 is 0 Å². The standard InChI is InChI=1S/C24H34N2O2S/c1-5-25(6-2)13-15-27-19-10-12-23-22(17-19)21-11-9-20(18-24(21)29-23)28-16-14-26(7-3)8-4/h9-12,17-18H,5-8,13-16H2,1-4H3. The van der Waals surface area contributed by atoms with Gasteiger partial charge in [0, 0.05) is 33.3 Å². The van der Waals surface area contributed by atoms with Crippen molar-refractivity contribution in [1.29, 1.82) is 0 Å². The molecule has 0 radical (unpaired) electrons. The third-order valence-corrected chi connectivity index (χ3v) is 6.69. The average molecular weight is 415 g/mol. The Kier molecular flexibility index (Phi) is 8.16. The van der Waals surface area contributed by atoms with E-state index in [-0.39, 0.29) is 0 Å². The Bertz CT molecular complexity index is 900. The number of thiophene rings is 1. The van der Waals surface area contributed by atoms with Crippen molar-refractivity contribution >= 4 is 31.5 Å². The molecule has 0 bridgehead atoms. The van der Waals surface area contributed by atoms with E-state index in [0.717, 1.165) is 64.0 Å². The van der Waals surface area contributed by atoms with Crippen LogP contribution < -0.4 is 9.47 Å². The van der Waals surface area contributed by atoms with Gasteiger partial charge in [0.2, 0.25) is 0 Å². The monoisotopic (exact) mass is 414 g/mol. The molecule has 0 aliphatic rings. The zero-order valence-electron chi connectivity index (χ0n) is 18.2. The zero-order chi connectivity index (χ0) is 20.6. The first kappa shape index (κ1) is 21.9. The van der Waals surface area contributed by atoms with E-state index in [0.29, 0.717) is 0 Å². The van der Waals surface area contributed by atoms with Gasteiger partial charge < -0.3 is 19.3 Å². The van der Waals surface area contributed by atoms with Crippen LogP contribution in [0, 0.1) is 0 Å². The molecule has 4 nitrogen and oxygen atoms in total. The Labute approximate surface area is 179 Å². The fourth-order valence-electron chi connectivity index (χ4n) is 3.58. The lowest BCUT2D eigenvalue weighted by Crippen LogP contribution is -2.27. The highest BCUT2D eigenvalue weighted by Crippen LogP contribution is 2.37. The molecule has 0 N–H and O–H groups in total. The van der Waals surface area contributed by atoms with Gasteiger partial charge >= 0.3 is 0 Å². The zero-order valence-corrected chi connectivity index (χ0v) is 19.1. The molecule has 0 saturated carbocycles. The molecule has 0 amide bonds. The highest BCUT2D eigenvalue weighted by Gasteiger charge is 2.09. The number of nitrogens with zero attached hydrogens (tertiary/aromatic N) is 2. The molecular weight excluding hydrogens is 380 g/mol. The summed E-state index contributed by atoms with van der Waals surface area (Å²) in [7, 11) is 0. The molecule has 158 valence electrons. The van der Waals surface area contributed by atoms with Gasteiger partial charge in [-0.25, -0.2) is 0 Å². The van der Waals surface area contributed by atoms with Crippen LogP contribution >= 0.6 is 11.3 Å². The molecule has 3 aromatic rings. The molecule has 1 aromatic heterocycles. The van der Waals surface area contributed by atoms with E-state index in [1.165, 1.54) is 20.2 Å². The Hall–Kier alpha value is -1.82. The SMILES string of the molecule is CCN(CC)CCOc1ccc2c(c1)sc1ccc(OCCN(CC)CC)cc12. The largest absolute Gasteiger partial charge is 0.492 e. The maximum Gasteiger partial charge on any atom is 0.120 e. The predicted octanol–water partition coefficient (Wildman–Crippen LogP) is 5.50. The fraction of sp³-hybridized carbons (Fsp3) is 0.500. The Morgan fingerprint density at radius 1 is 0.655 bits per heavy atom. The molecule has 29 heavy (non-hydrogen) atoms. The maximum absolute atomic E-state index is 6.02. The number of rotatable bonds is 12. The van der Waals surface area contributed by atoms with Gasteiger partial charge in [-0.3, -0.25) is 0 Å². The van der Waals surface area contributed by atoms with Crippen molar-refractivity contribution in [3.63, 3.8) is 0 Å². The lowest BCUT2D eigenvalue weighted by atomic mass is 10.1. The molecule has 0 unspecified atom stereocenters. The van der Waals surface area contributed by atoms with Crippen molar-refractivity contribution in [2.24, 2.45) is 0 Å². The molecule has 0 atom stereocenters. The van der Waals surface area contributed by atoms with Crippen molar-refractivity contribution in [3.8, 4) is 11.5 Å². The topological polar surface area (TPSA) is 24.9 Å². The number of likely N-dealkylation sites (N-methyl/N-ethyl adjacent to an activating group) is 2. The van der Waals surface area contributed by atoms with Crippen molar-refractivity contribution in [3.05, 3.63) is 36.4 Å². The van der Waals surface area contributed by atoms with Crippen LogP contribution in [0.1, 0.15) is 27.7 Å². The van der Waals surface area contributed by atoms with Crippen LogP contribution in [0.4, 0.5) is 0 Å². The van der Waals surface area contributed by atoms with Crippen molar-refractivity contribution in [2.75, 3.05) is 52.5 Å². The predicted molar refractivity (Wildman–Crippen MR) is 126 cm³/mol. The van der Waals surface area contributed by atoms with Crippen LogP contribution in [-0.2, 0) is 0 Å². The lowest BCUT2D eigenvalue weighted by Gasteiger charge is -2.18. The number of fused-ring (bicyclic) bond motifs is 3. The van der Waals surface area contributed by atoms with Gasteiger partial charge in [-0.15, -0.1) is 11.3 Å². The number of ether oxygens (including phenoxy) is 2. The highest BCUT2D eigenvalue weighted by molar-refractivity contribution is 7.25. The van der Waals surface area contributed by atoms with E-state index in [1.807, 2.05) is 11.3 Å². The first-order chi connectivity index (χ1) is 14.2. The summed E-state index contributed by atoms with van der Waals surface area (Å²) in [6.07, 6.45) is 0. The maximum atomic E-state index is 6.02. The van der Waals surface area contributed by atoms with E-state index in [4.69, 9.17) is 9.47 Å². The molecule has 2 aromatic carbocycles. The summed E-state index contributed by atoms with van der Waals surface area (Å²) < 4.78 is 14.6. The summed E-state index contributed by atoms with van der Waals surface area (Å²) in [4.78, 5) is 4.75. The van der Waals surface area contributed by atoms with Gasteiger partial charge in [-0.2, -0.15) is 0 Å².